The maximum Gasteiger partial charge on any atom is 0.345 e. The summed E-state index contributed by atoms with van der Waals surface area (Å²) in [6.45, 7) is 0. The average Bonchev–Trinajstić information content (AvgIpc) is 3.17. The second-order valence-corrected chi connectivity index (χ2v) is 6.92. The maximum atomic E-state index is 12.3. The van der Waals surface area contributed by atoms with E-state index in [1.807, 2.05) is 0 Å². The van der Waals surface area contributed by atoms with E-state index in [1.54, 1.807) is 24.3 Å². The number of nitrogens with zero attached hydrogens (tertiary/aromatic N) is 3. The molecule has 2 heterocycles. The van der Waals surface area contributed by atoms with Crippen molar-refractivity contribution in [2.45, 2.75) is 0 Å². The van der Waals surface area contributed by atoms with Crippen LogP contribution in [0.1, 0.15) is 5.56 Å². The Morgan fingerprint density at radius 2 is 2.07 bits per heavy atom. The van der Waals surface area contributed by atoms with Crippen molar-refractivity contribution in [2.75, 3.05) is 5.43 Å². The van der Waals surface area contributed by atoms with Crippen LogP contribution in [0.15, 0.2) is 69.0 Å². The van der Waals surface area contributed by atoms with Crippen LogP contribution in [-0.4, -0.2) is 21.2 Å². The van der Waals surface area contributed by atoms with Crippen LogP contribution < -0.4 is 11.1 Å². The molecule has 0 spiro atoms. The molecule has 0 aliphatic carbocycles. The molecule has 0 aliphatic rings. The Bertz CT molecular complexity index is 1310. The SMILES string of the molecule is O=c1oc2ccc([N+](=O)[O-])cc2cc1-c1cnc(NN=Cc2ccccc2O)s1. The Kier molecular flexibility index (Phi) is 4.75. The fourth-order valence-electron chi connectivity index (χ4n) is 2.60. The maximum absolute atomic E-state index is 12.3. The van der Waals surface area contributed by atoms with E-state index in [-0.39, 0.29) is 22.6 Å². The number of hydrazone groups is 1. The first-order chi connectivity index (χ1) is 14.0. The van der Waals surface area contributed by atoms with Gasteiger partial charge in [-0.3, -0.25) is 15.5 Å². The topological polar surface area (TPSA) is 131 Å². The molecule has 144 valence electrons. The Morgan fingerprint density at radius 1 is 1.24 bits per heavy atom. The smallest absolute Gasteiger partial charge is 0.345 e. The van der Waals surface area contributed by atoms with Crippen molar-refractivity contribution in [3.8, 4) is 16.2 Å². The molecule has 0 atom stereocenters. The number of para-hydroxylation sites is 1. The van der Waals surface area contributed by atoms with Gasteiger partial charge in [0, 0.05) is 29.3 Å². The molecule has 0 amide bonds. The van der Waals surface area contributed by atoms with Gasteiger partial charge in [0.25, 0.3) is 5.69 Å². The minimum Gasteiger partial charge on any atom is -0.507 e. The van der Waals surface area contributed by atoms with Crippen molar-refractivity contribution in [2.24, 2.45) is 5.10 Å². The number of phenolic OH excluding ortho intramolecular Hbond substituents is 1. The van der Waals surface area contributed by atoms with E-state index in [2.05, 4.69) is 15.5 Å². The molecule has 0 saturated heterocycles. The summed E-state index contributed by atoms with van der Waals surface area (Å²) < 4.78 is 5.27. The van der Waals surface area contributed by atoms with E-state index < -0.39 is 10.5 Å². The molecule has 0 saturated carbocycles. The summed E-state index contributed by atoms with van der Waals surface area (Å²) in [5.74, 6) is 0.0979. The van der Waals surface area contributed by atoms with Crippen molar-refractivity contribution in [1.29, 1.82) is 0 Å². The highest BCUT2D eigenvalue weighted by atomic mass is 32.1. The number of hydrogen-bond acceptors (Lipinski definition) is 9. The Balaban J connectivity index is 1.61. The molecule has 10 heteroatoms. The van der Waals surface area contributed by atoms with E-state index >= 15 is 0 Å². The van der Waals surface area contributed by atoms with Crippen molar-refractivity contribution in [1.82, 2.24) is 4.98 Å². The highest BCUT2D eigenvalue weighted by Gasteiger charge is 2.14. The Hall–Kier alpha value is -4.05. The lowest BCUT2D eigenvalue weighted by Crippen LogP contribution is -2.01. The molecule has 0 unspecified atom stereocenters. The largest absolute Gasteiger partial charge is 0.507 e. The van der Waals surface area contributed by atoms with Crippen LogP contribution in [0.5, 0.6) is 5.75 Å². The molecule has 2 N–H and O–H groups in total. The third-order valence-electron chi connectivity index (χ3n) is 4.00. The number of aromatic hydroxyl groups is 1. The Labute approximate surface area is 166 Å². The fourth-order valence-corrected chi connectivity index (χ4v) is 3.37. The minimum atomic E-state index is -0.570. The lowest BCUT2D eigenvalue weighted by molar-refractivity contribution is -0.384. The van der Waals surface area contributed by atoms with Crippen LogP contribution in [0.3, 0.4) is 0 Å². The lowest BCUT2D eigenvalue weighted by atomic mass is 10.1. The minimum absolute atomic E-state index is 0.0949. The van der Waals surface area contributed by atoms with Gasteiger partial charge in [-0.1, -0.05) is 23.5 Å². The van der Waals surface area contributed by atoms with Gasteiger partial charge in [-0.2, -0.15) is 5.10 Å². The quantitative estimate of drug-likeness (QED) is 0.221. The predicted molar refractivity (Wildman–Crippen MR) is 110 cm³/mol. The standard InChI is InChI=1S/C19H12N4O5S/c24-15-4-2-1-3-11(15)9-21-22-19-20-10-17(29-19)14-8-12-7-13(23(26)27)5-6-16(12)28-18(14)25/h1-10,24H,(H,20,22). The number of fused-ring (bicyclic) bond motifs is 1. The van der Waals surface area contributed by atoms with Crippen molar-refractivity contribution in [3.05, 3.63) is 80.8 Å². The van der Waals surface area contributed by atoms with Gasteiger partial charge in [0.05, 0.1) is 21.6 Å². The van der Waals surface area contributed by atoms with Crippen molar-refractivity contribution in [3.63, 3.8) is 0 Å². The van der Waals surface area contributed by atoms with Gasteiger partial charge in [0.2, 0.25) is 5.13 Å². The number of non-ortho nitro benzene ring substituents is 1. The normalized spacial score (nSPS) is 11.2. The van der Waals surface area contributed by atoms with Gasteiger partial charge >= 0.3 is 5.63 Å². The molecule has 0 aliphatic heterocycles. The van der Waals surface area contributed by atoms with Gasteiger partial charge in [0.15, 0.2) is 0 Å². The molecule has 0 radical (unpaired) electrons. The number of nitrogens with one attached hydrogen (secondary N) is 1. The molecule has 4 aromatic rings. The molecule has 29 heavy (non-hydrogen) atoms. The van der Waals surface area contributed by atoms with Gasteiger partial charge in [-0.15, -0.1) is 0 Å². The molecule has 4 rings (SSSR count). The fraction of sp³-hybridized carbons (Fsp3) is 0. The van der Waals surface area contributed by atoms with Crippen LogP contribution in [0, 0.1) is 10.1 Å². The summed E-state index contributed by atoms with van der Waals surface area (Å²) in [7, 11) is 0. The summed E-state index contributed by atoms with van der Waals surface area (Å²) in [6.07, 6.45) is 2.93. The van der Waals surface area contributed by atoms with Gasteiger partial charge in [-0.25, -0.2) is 9.78 Å². The lowest BCUT2D eigenvalue weighted by Gasteiger charge is -2.00. The van der Waals surface area contributed by atoms with Crippen molar-refractivity contribution >= 4 is 39.3 Å². The van der Waals surface area contributed by atoms with Crippen LogP contribution in [0.25, 0.3) is 21.4 Å². The third kappa shape index (κ3) is 3.82. The number of nitro groups is 1. The number of rotatable bonds is 5. The van der Waals surface area contributed by atoms with E-state index in [4.69, 9.17) is 4.42 Å². The zero-order chi connectivity index (χ0) is 20.4. The summed E-state index contributed by atoms with van der Waals surface area (Å²) in [4.78, 5) is 27.4. The summed E-state index contributed by atoms with van der Waals surface area (Å²) in [5.41, 5.74) is 3.11. The molecule has 0 fully saturated rings. The third-order valence-corrected chi connectivity index (χ3v) is 4.93. The summed E-state index contributed by atoms with van der Waals surface area (Å²) in [6, 6.07) is 12.3. The average molecular weight is 408 g/mol. The zero-order valence-corrected chi connectivity index (χ0v) is 15.4. The van der Waals surface area contributed by atoms with Crippen LogP contribution >= 0.6 is 11.3 Å². The molecule has 9 nitrogen and oxygen atoms in total. The number of phenols is 1. The van der Waals surface area contributed by atoms with E-state index in [0.717, 1.165) is 0 Å². The molecule has 0 bridgehead atoms. The molecular weight excluding hydrogens is 396 g/mol. The van der Waals surface area contributed by atoms with E-state index in [0.29, 0.717) is 21.0 Å². The predicted octanol–water partition coefficient (Wildman–Crippen LogP) is 3.98. The highest BCUT2D eigenvalue weighted by molar-refractivity contribution is 7.18. The Morgan fingerprint density at radius 3 is 2.86 bits per heavy atom. The van der Waals surface area contributed by atoms with Crippen LogP contribution in [0.4, 0.5) is 10.8 Å². The number of thiazole rings is 1. The number of anilines is 1. The second-order valence-electron chi connectivity index (χ2n) is 5.89. The summed E-state index contributed by atoms with van der Waals surface area (Å²) >= 11 is 1.17. The first-order valence-corrected chi connectivity index (χ1v) is 9.08. The van der Waals surface area contributed by atoms with E-state index in [9.17, 15) is 20.0 Å². The number of nitro benzene ring substituents is 1. The number of aromatic nitrogens is 1. The monoisotopic (exact) mass is 408 g/mol. The van der Waals surface area contributed by atoms with Crippen molar-refractivity contribution < 1.29 is 14.4 Å². The first-order valence-electron chi connectivity index (χ1n) is 8.27. The number of benzene rings is 2. The molecular formula is C19H12N4O5S. The van der Waals surface area contributed by atoms with Crippen LogP contribution in [0.2, 0.25) is 0 Å². The van der Waals surface area contributed by atoms with Gasteiger partial charge in [0.1, 0.15) is 11.3 Å². The molecule has 2 aromatic heterocycles. The second kappa shape index (κ2) is 7.52. The highest BCUT2D eigenvalue weighted by Crippen LogP contribution is 2.30. The molecule has 2 aromatic carbocycles. The first kappa shape index (κ1) is 18.3. The van der Waals surface area contributed by atoms with Gasteiger partial charge < -0.3 is 9.52 Å². The number of hydrogen-bond donors (Lipinski definition) is 2. The summed E-state index contributed by atoms with van der Waals surface area (Å²) in [5, 5.41) is 25.6. The van der Waals surface area contributed by atoms with Crippen LogP contribution in [-0.2, 0) is 0 Å². The van der Waals surface area contributed by atoms with Gasteiger partial charge in [-0.05, 0) is 24.3 Å². The van der Waals surface area contributed by atoms with E-state index in [1.165, 1.54) is 48.0 Å². The zero-order valence-electron chi connectivity index (χ0n) is 14.6.